The van der Waals surface area contributed by atoms with E-state index >= 15 is 0 Å². The van der Waals surface area contributed by atoms with Crippen molar-refractivity contribution in [2.75, 3.05) is 0 Å². The van der Waals surface area contributed by atoms with Crippen LogP contribution in [0.4, 0.5) is 0 Å². The molecule has 3 rings (SSSR count). The van der Waals surface area contributed by atoms with Crippen molar-refractivity contribution in [3.8, 4) is 0 Å². The van der Waals surface area contributed by atoms with Crippen molar-refractivity contribution in [3.05, 3.63) is 23.5 Å². The summed E-state index contributed by atoms with van der Waals surface area (Å²) in [4.78, 5) is 4.63. The van der Waals surface area contributed by atoms with Crippen LogP contribution in [-0.2, 0) is 9.31 Å². The zero-order valence-corrected chi connectivity index (χ0v) is 12.5. The summed E-state index contributed by atoms with van der Waals surface area (Å²) < 4.78 is 12.2. The van der Waals surface area contributed by atoms with Crippen LogP contribution >= 0.6 is 0 Å². The van der Waals surface area contributed by atoms with Crippen LogP contribution in [0.5, 0.6) is 0 Å². The minimum Gasteiger partial charge on any atom is -0.399 e. The summed E-state index contributed by atoms with van der Waals surface area (Å²) in [6.07, 6.45) is 2.53. The molecule has 4 heteroatoms. The summed E-state index contributed by atoms with van der Waals surface area (Å²) in [5.41, 5.74) is 2.79. The summed E-state index contributed by atoms with van der Waals surface area (Å²) >= 11 is 0. The average Bonchev–Trinajstić information content (AvgIpc) is 3.06. The minimum absolute atomic E-state index is 0.274. The molecule has 0 N–H and O–H groups in total. The molecule has 1 aliphatic carbocycles. The molecule has 2 aliphatic rings. The van der Waals surface area contributed by atoms with E-state index in [2.05, 4.69) is 44.8 Å². The van der Waals surface area contributed by atoms with Gasteiger partial charge in [-0.3, -0.25) is 4.98 Å². The maximum absolute atomic E-state index is 6.11. The van der Waals surface area contributed by atoms with Crippen molar-refractivity contribution in [3.63, 3.8) is 0 Å². The summed E-state index contributed by atoms with van der Waals surface area (Å²) in [5.74, 6) is 0.654. The summed E-state index contributed by atoms with van der Waals surface area (Å²) in [7, 11) is -0.274. The zero-order chi connectivity index (χ0) is 13.8. The summed E-state index contributed by atoms with van der Waals surface area (Å²) in [5, 5.41) is 0. The van der Waals surface area contributed by atoms with Gasteiger partial charge in [-0.1, -0.05) is 0 Å². The van der Waals surface area contributed by atoms with Crippen molar-refractivity contribution < 1.29 is 9.31 Å². The molecule has 1 saturated carbocycles. The van der Waals surface area contributed by atoms with Gasteiger partial charge in [0.15, 0.2) is 0 Å². The highest BCUT2D eigenvalue weighted by Crippen LogP contribution is 2.39. The molecule has 0 aromatic carbocycles. The zero-order valence-electron chi connectivity index (χ0n) is 12.5. The number of nitrogens with zero attached hydrogens (tertiary/aromatic N) is 1. The number of aromatic nitrogens is 1. The van der Waals surface area contributed by atoms with Gasteiger partial charge < -0.3 is 9.31 Å². The first-order valence-corrected chi connectivity index (χ1v) is 7.13. The van der Waals surface area contributed by atoms with Crippen LogP contribution in [0.2, 0.25) is 0 Å². The molecule has 19 heavy (non-hydrogen) atoms. The monoisotopic (exact) mass is 259 g/mol. The van der Waals surface area contributed by atoms with E-state index in [0.29, 0.717) is 5.92 Å². The fourth-order valence-corrected chi connectivity index (χ4v) is 2.43. The van der Waals surface area contributed by atoms with Gasteiger partial charge in [0.1, 0.15) is 0 Å². The van der Waals surface area contributed by atoms with E-state index in [4.69, 9.17) is 9.31 Å². The quantitative estimate of drug-likeness (QED) is 0.765. The normalized spacial score (nSPS) is 24.8. The smallest absolute Gasteiger partial charge is 0.399 e. The maximum atomic E-state index is 6.11. The second-order valence-electron chi connectivity index (χ2n) is 6.83. The van der Waals surface area contributed by atoms with Crippen LogP contribution < -0.4 is 5.46 Å². The van der Waals surface area contributed by atoms with Gasteiger partial charge in [-0.25, -0.2) is 0 Å². The Morgan fingerprint density at radius 1 is 1.11 bits per heavy atom. The Bertz CT molecular complexity index is 493. The number of hydrogen-bond acceptors (Lipinski definition) is 3. The molecule has 0 spiro atoms. The van der Waals surface area contributed by atoms with Crippen LogP contribution in [-0.4, -0.2) is 23.3 Å². The number of pyridine rings is 1. The van der Waals surface area contributed by atoms with E-state index in [0.717, 1.165) is 11.2 Å². The van der Waals surface area contributed by atoms with Gasteiger partial charge >= 0.3 is 7.12 Å². The van der Waals surface area contributed by atoms with Crippen molar-refractivity contribution >= 4 is 12.6 Å². The van der Waals surface area contributed by atoms with E-state index in [1.807, 2.05) is 6.92 Å². The molecule has 2 heterocycles. The predicted octanol–water partition coefficient (Wildman–Crippen LogP) is 2.57. The molecule has 102 valence electrons. The third-order valence-corrected chi connectivity index (χ3v) is 4.52. The number of hydrogen-bond donors (Lipinski definition) is 0. The van der Waals surface area contributed by atoms with E-state index in [1.54, 1.807) is 0 Å². The second kappa shape index (κ2) is 4.06. The topological polar surface area (TPSA) is 31.4 Å². The SMILES string of the molecule is Cc1cc(B2OC(C)(C)C(C)(C)O2)cc(C2CC2)n1. The molecule has 1 saturated heterocycles. The van der Waals surface area contributed by atoms with Gasteiger partial charge in [-0.05, 0) is 65.1 Å². The molecule has 0 amide bonds. The molecule has 0 unspecified atom stereocenters. The van der Waals surface area contributed by atoms with Crippen molar-refractivity contribution in [2.24, 2.45) is 0 Å². The highest BCUT2D eigenvalue weighted by molar-refractivity contribution is 6.62. The van der Waals surface area contributed by atoms with E-state index in [9.17, 15) is 0 Å². The maximum Gasteiger partial charge on any atom is 0.494 e. The highest BCUT2D eigenvalue weighted by Gasteiger charge is 2.51. The summed E-state index contributed by atoms with van der Waals surface area (Å²) in [6.45, 7) is 10.4. The van der Waals surface area contributed by atoms with Crippen molar-refractivity contribution in [2.45, 2.75) is 64.6 Å². The van der Waals surface area contributed by atoms with Crippen LogP contribution in [0.1, 0.15) is 57.8 Å². The number of rotatable bonds is 2. The molecule has 0 radical (unpaired) electrons. The third kappa shape index (κ3) is 2.32. The molecule has 1 aromatic rings. The Morgan fingerprint density at radius 2 is 1.68 bits per heavy atom. The third-order valence-electron chi connectivity index (χ3n) is 4.52. The van der Waals surface area contributed by atoms with E-state index < -0.39 is 0 Å². The molecule has 3 nitrogen and oxygen atoms in total. The number of aryl methyl sites for hydroxylation is 1. The van der Waals surface area contributed by atoms with Gasteiger partial charge in [-0.2, -0.15) is 0 Å². The lowest BCUT2D eigenvalue weighted by molar-refractivity contribution is 0.00578. The Labute approximate surface area is 115 Å². The Balaban J connectivity index is 1.91. The molecule has 2 fully saturated rings. The largest absolute Gasteiger partial charge is 0.494 e. The first-order valence-electron chi connectivity index (χ1n) is 7.13. The van der Waals surface area contributed by atoms with Gasteiger partial charge in [0.2, 0.25) is 0 Å². The van der Waals surface area contributed by atoms with Crippen molar-refractivity contribution in [1.82, 2.24) is 4.98 Å². The Morgan fingerprint density at radius 3 is 2.21 bits per heavy atom. The van der Waals surface area contributed by atoms with Gasteiger partial charge in [0, 0.05) is 17.3 Å². The van der Waals surface area contributed by atoms with Crippen LogP contribution in [0.15, 0.2) is 12.1 Å². The van der Waals surface area contributed by atoms with E-state index in [1.165, 1.54) is 18.5 Å². The fourth-order valence-electron chi connectivity index (χ4n) is 2.43. The predicted molar refractivity (Wildman–Crippen MR) is 76.7 cm³/mol. The Hall–Kier alpha value is -0.865. The van der Waals surface area contributed by atoms with Crippen molar-refractivity contribution in [1.29, 1.82) is 0 Å². The molecular formula is C15H22BNO2. The highest BCUT2D eigenvalue weighted by atomic mass is 16.7. The van der Waals surface area contributed by atoms with E-state index in [-0.39, 0.29) is 18.3 Å². The standard InChI is InChI=1S/C15H22BNO2/c1-10-8-12(9-13(17-10)11-6-7-11)16-18-14(2,3)15(4,5)19-16/h8-9,11H,6-7H2,1-5H3. The lowest BCUT2D eigenvalue weighted by Gasteiger charge is -2.32. The van der Waals surface area contributed by atoms with Crippen LogP contribution in [0, 0.1) is 6.92 Å². The Kier molecular flexibility index (Phi) is 2.81. The van der Waals surface area contributed by atoms with Gasteiger partial charge in [-0.15, -0.1) is 0 Å². The summed E-state index contributed by atoms with van der Waals surface area (Å²) in [6, 6.07) is 4.24. The van der Waals surface area contributed by atoms with Crippen LogP contribution in [0.3, 0.4) is 0 Å². The molecule has 0 atom stereocenters. The van der Waals surface area contributed by atoms with Gasteiger partial charge in [0.05, 0.1) is 11.2 Å². The second-order valence-corrected chi connectivity index (χ2v) is 6.83. The van der Waals surface area contributed by atoms with Gasteiger partial charge in [0.25, 0.3) is 0 Å². The van der Waals surface area contributed by atoms with Crippen LogP contribution in [0.25, 0.3) is 0 Å². The fraction of sp³-hybridized carbons (Fsp3) is 0.667. The molecule has 1 aromatic heterocycles. The molecule has 0 bridgehead atoms. The minimum atomic E-state index is -0.283. The first-order chi connectivity index (χ1) is 8.78. The molecule has 1 aliphatic heterocycles. The lowest BCUT2D eigenvalue weighted by Crippen LogP contribution is -2.41. The average molecular weight is 259 g/mol. The lowest BCUT2D eigenvalue weighted by atomic mass is 9.78. The molecular weight excluding hydrogens is 237 g/mol. The first kappa shape index (κ1) is 13.1.